The van der Waals surface area contributed by atoms with Gasteiger partial charge in [-0.25, -0.2) is 9.97 Å². The molecule has 230 valence electrons. The monoisotopic (exact) mass is 622 g/mol. The number of nitrogens with one attached hydrogen (secondary N) is 3. The van der Waals surface area contributed by atoms with Crippen LogP contribution in [0.1, 0.15) is 36.0 Å². The number of benzene rings is 2. The zero-order valence-corrected chi connectivity index (χ0v) is 25.7. The summed E-state index contributed by atoms with van der Waals surface area (Å²) in [5.41, 5.74) is 1.94. The first-order valence-corrected chi connectivity index (χ1v) is 16.0. The van der Waals surface area contributed by atoms with Crippen LogP contribution in [0.15, 0.2) is 72.9 Å². The van der Waals surface area contributed by atoms with Gasteiger partial charge in [0.15, 0.2) is 16.6 Å². The molecule has 3 aromatic heterocycles. The maximum absolute atomic E-state index is 12.9. The summed E-state index contributed by atoms with van der Waals surface area (Å²) in [7, 11) is 2.11. The van der Waals surface area contributed by atoms with Crippen LogP contribution in [0.2, 0.25) is 0 Å². The molecule has 0 bridgehead atoms. The number of carbonyl (C=O) groups excluding carboxylic acids is 2. The molecule has 2 aliphatic rings. The van der Waals surface area contributed by atoms with E-state index in [1.54, 1.807) is 42.6 Å². The molecule has 4 heterocycles. The fourth-order valence-corrected chi connectivity index (χ4v) is 6.45. The molecular weight excluding hydrogens is 588 g/mol. The van der Waals surface area contributed by atoms with Gasteiger partial charge in [-0.2, -0.15) is 5.10 Å². The van der Waals surface area contributed by atoms with Crippen LogP contribution >= 0.6 is 11.3 Å². The topological polar surface area (TPSA) is 128 Å². The van der Waals surface area contributed by atoms with Crippen molar-refractivity contribution >= 4 is 55.4 Å². The zero-order valence-electron chi connectivity index (χ0n) is 24.9. The third kappa shape index (κ3) is 6.66. The predicted octanol–water partition coefficient (Wildman–Crippen LogP) is 5.67. The molecule has 2 fully saturated rings. The fourth-order valence-electron chi connectivity index (χ4n) is 5.59. The summed E-state index contributed by atoms with van der Waals surface area (Å²) in [4.78, 5) is 38.8. The van der Waals surface area contributed by atoms with Crippen LogP contribution in [-0.4, -0.2) is 80.5 Å². The lowest BCUT2D eigenvalue weighted by Gasteiger charge is -2.32. The van der Waals surface area contributed by atoms with Crippen molar-refractivity contribution in [1.29, 1.82) is 0 Å². The van der Waals surface area contributed by atoms with E-state index in [2.05, 4.69) is 42.7 Å². The lowest BCUT2D eigenvalue weighted by Crippen LogP contribution is -2.44. The number of H-pyrrole nitrogens is 1. The highest BCUT2D eigenvalue weighted by Crippen LogP contribution is 2.34. The summed E-state index contributed by atoms with van der Waals surface area (Å²) < 4.78 is 7.27. The summed E-state index contributed by atoms with van der Waals surface area (Å²) in [6, 6.07) is 17.2. The van der Waals surface area contributed by atoms with Crippen LogP contribution < -0.4 is 15.4 Å². The highest BCUT2D eigenvalue weighted by Gasteiger charge is 2.26. The van der Waals surface area contributed by atoms with Crippen molar-refractivity contribution in [2.75, 3.05) is 37.3 Å². The Bertz CT molecular complexity index is 1830. The Balaban J connectivity index is 0.997. The van der Waals surface area contributed by atoms with Crippen LogP contribution in [0.4, 0.5) is 10.9 Å². The van der Waals surface area contributed by atoms with Crippen molar-refractivity contribution in [3.63, 3.8) is 0 Å². The Hall–Kier alpha value is -4.81. The first kappa shape index (κ1) is 28.9. The minimum Gasteiger partial charge on any atom is -0.456 e. The molecule has 1 atom stereocenters. The van der Waals surface area contributed by atoms with Crippen molar-refractivity contribution in [3.8, 4) is 11.5 Å². The van der Waals surface area contributed by atoms with Gasteiger partial charge in [-0.15, -0.1) is 0 Å². The number of aromatic nitrogens is 4. The maximum atomic E-state index is 12.9. The lowest BCUT2D eigenvalue weighted by molar-refractivity contribution is -0.127. The minimum absolute atomic E-state index is 0.0398. The number of hydrogen-bond donors (Lipinski definition) is 3. The highest BCUT2D eigenvalue weighted by molar-refractivity contribution is 7.22. The summed E-state index contributed by atoms with van der Waals surface area (Å²) >= 11 is 1.44. The van der Waals surface area contributed by atoms with E-state index in [0.717, 1.165) is 41.5 Å². The second-order valence-electron chi connectivity index (χ2n) is 11.5. The summed E-state index contributed by atoms with van der Waals surface area (Å²) in [5, 5.41) is 15.2. The van der Waals surface area contributed by atoms with E-state index in [9.17, 15) is 9.59 Å². The zero-order chi connectivity index (χ0) is 30.8. The fraction of sp³-hybridized carbons (Fsp3) is 0.303. The van der Waals surface area contributed by atoms with Gasteiger partial charge in [0.1, 0.15) is 16.9 Å². The summed E-state index contributed by atoms with van der Waals surface area (Å²) in [6.45, 7) is 2.12. The SMILES string of the molecule is CN(C/C=C/C(=O)N1CCC[C@@H](Nc2n[nH]c3nccc(Oc4ccc(C(=O)Nc5nc6ccccc6s5)cc4)c23)C1)C1CC1. The van der Waals surface area contributed by atoms with Gasteiger partial charge < -0.3 is 15.0 Å². The van der Waals surface area contributed by atoms with Gasteiger partial charge in [-0.1, -0.05) is 29.5 Å². The molecule has 5 aromatic rings. The molecular formula is C33H34N8O3S. The molecule has 11 nitrogen and oxygen atoms in total. The number of likely N-dealkylation sites (N-methyl/N-ethyl adjacent to an activating group) is 1. The number of carbonyl (C=O) groups is 2. The second kappa shape index (κ2) is 12.7. The van der Waals surface area contributed by atoms with E-state index in [1.807, 2.05) is 35.2 Å². The van der Waals surface area contributed by atoms with Gasteiger partial charge in [0.05, 0.1) is 10.2 Å². The van der Waals surface area contributed by atoms with Crippen molar-refractivity contribution in [2.45, 2.75) is 37.8 Å². The molecule has 2 aromatic carbocycles. The van der Waals surface area contributed by atoms with E-state index < -0.39 is 0 Å². The number of nitrogens with zero attached hydrogens (tertiary/aromatic N) is 5. The van der Waals surface area contributed by atoms with E-state index in [-0.39, 0.29) is 17.9 Å². The first-order chi connectivity index (χ1) is 22.0. The largest absolute Gasteiger partial charge is 0.456 e. The van der Waals surface area contributed by atoms with Crippen molar-refractivity contribution in [3.05, 3.63) is 78.5 Å². The van der Waals surface area contributed by atoms with Gasteiger partial charge >= 0.3 is 0 Å². The molecule has 3 N–H and O–H groups in total. The van der Waals surface area contributed by atoms with Crippen molar-refractivity contribution < 1.29 is 14.3 Å². The number of thiazole rings is 1. The van der Waals surface area contributed by atoms with E-state index >= 15 is 0 Å². The lowest BCUT2D eigenvalue weighted by atomic mass is 10.1. The van der Waals surface area contributed by atoms with E-state index in [4.69, 9.17) is 4.74 Å². The number of likely N-dealkylation sites (tertiary alicyclic amines) is 1. The average molecular weight is 623 g/mol. The van der Waals surface area contributed by atoms with Crippen LogP contribution in [0, 0.1) is 0 Å². The number of rotatable bonds is 10. The van der Waals surface area contributed by atoms with Gasteiger partial charge in [-0.05, 0) is 69.1 Å². The van der Waals surface area contributed by atoms with Gasteiger partial charge in [0.2, 0.25) is 5.91 Å². The smallest absolute Gasteiger partial charge is 0.257 e. The number of anilines is 2. The number of aromatic amines is 1. The molecule has 0 unspecified atom stereocenters. The highest BCUT2D eigenvalue weighted by atomic mass is 32.1. The molecule has 1 saturated heterocycles. The normalized spacial score (nSPS) is 16.9. The Morgan fingerprint density at radius 3 is 2.80 bits per heavy atom. The van der Waals surface area contributed by atoms with Crippen LogP contribution in [0.3, 0.4) is 0 Å². The van der Waals surface area contributed by atoms with Gasteiger partial charge in [0, 0.05) is 55.6 Å². The molecule has 1 aliphatic heterocycles. The quantitative estimate of drug-likeness (QED) is 0.170. The molecule has 1 aliphatic carbocycles. The summed E-state index contributed by atoms with van der Waals surface area (Å²) in [5.74, 6) is 1.57. The number of fused-ring (bicyclic) bond motifs is 2. The van der Waals surface area contributed by atoms with Crippen molar-refractivity contribution in [1.82, 2.24) is 30.0 Å². The van der Waals surface area contributed by atoms with Crippen LogP contribution in [0.5, 0.6) is 11.5 Å². The number of piperidine rings is 1. The molecule has 0 spiro atoms. The number of hydrogen-bond acceptors (Lipinski definition) is 9. The van der Waals surface area contributed by atoms with E-state index in [0.29, 0.717) is 46.2 Å². The average Bonchev–Trinajstić information content (AvgIpc) is 3.71. The number of pyridine rings is 1. The van der Waals surface area contributed by atoms with Crippen LogP contribution in [-0.2, 0) is 4.79 Å². The van der Waals surface area contributed by atoms with E-state index in [1.165, 1.54) is 24.2 Å². The molecule has 12 heteroatoms. The third-order valence-corrected chi connectivity index (χ3v) is 9.13. The minimum atomic E-state index is -0.241. The van der Waals surface area contributed by atoms with Crippen LogP contribution in [0.25, 0.3) is 21.3 Å². The third-order valence-electron chi connectivity index (χ3n) is 8.18. The molecule has 2 amide bonds. The Kier molecular flexibility index (Phi) is 8.14. The standard InChI is InChI=1S/C33H34N8O3S/c1-40(23-12-13-23)18-5-9-28(42)41-19-4-6-22(20-41)35-31-29-26(16-17-34-30(29)38-39-31)44-24-14-10-21(11-15-24)32(43)37-33-36-25-7-2-3-8-27(25)45-33/h2-3,5,7-11,14-17,22-23H,4,6,12-13,18-20H2,1H3,(H,36,37,43)(H2,34,35,38,39)/b9-5+/t22-/m1/s1. The Morgan fingerprint density at radius 2 is 1.98 bits per heavy atom. The summed E-state index contributed by atoms with van der Waals surface area (Å²) in [6.07, 6.45) is 9.66. The Morgan fingerprint density at radius 1 is 1.13 bits per heavy atom. The second-order valence-corrected chi connectivity index (χ2v) is 12.5. The maximum Gasteiger partial charge on any atom is 0.257 e. The molecule has 0 radical (unpaired) electrons. The molecule has 7 rings (SSSR count). The first-order valence-electron chi connectivity index (χ1n) is 15.2. The number of para-hydroxylation sites is 1. The number of amides is 2. The molecule has 45 heavy (non-hydrogen) atoms. The number of ether oxygens (including phenoxy) is 1. The molecule has 1 saturated carbocycles. The van der Waals surface area contributed by atoms with Gasteiger partial charge in [0.25, 0.3) is 5.91 Å². The predicted molar refractivity (Wildman–Crippen MR) is 176 cm³/mol. The van der Waals surface area contributed by atoms with Gasteiger partial charge in [-0.3, -0.25) is 24.9 Å². The Labute approximate surface area is 264 Å². The van der Waals surface area contributed by atoms with Crippen molar-refractivity contribution in [2.24, 2.45) is 0 Å².